The predicted octanol–water partition coefficient (Wildman–Crippen LogP) is 3.16. The van der Waals surface area contributed by atoms with Crippen molar-refractivity contribution in [3.8, 4) is 11.5 Å². The molecule has 1 aliphatic rings. The van der Waals surface area contributed by atoms with E-state index in [1.165, 1.54) is 0 Å². The number of carbonyl (C=O) groups excluding carboxylic acids is 1. The van der Waals surface area contributed by atoms with Crippen LogP contribution in [-0.4, -0.2) is 5.91 Å². The van der Waals surface area contributed by atoms with Crippen molar-refractivity contribution in [1.82, 2.24) is 0 Å². The van der Waals surface area contributed by atoms with Crippen LogP contribution in [0.5, 0.6) is 11.5 Å². The molecule has 0 spiro atoms. The molecule has 1 amide bonds. The van der Waals surface area contributed by atoms with E-state index in [1.54, 1.807) is 12.1 Å². The number of benzene rings is 2. The van der Waals surface area contributed by atoms with E-state index in [4.69, 9.17) is 10.5 Å². The Balaban J connectivity index is 1.94. The molecular weight excluding hydrogens is 355 g/mol. The van der Waals surface area contributed by atoms with E-state index < -0.39 is 0 Å². The molecule has 0 saturated heterocycles. The van der Waals surface area contributed by atoms with Crippen LogP contribution in [0.3, 0.4) is 0 Å². The molecule has 0 unspecified atom stereocenters. The average Bonchev–Trinajstić information content (AvgIpc) is 2.69. The largest absolute Gasteiger partial charge is 0.455 e. The summed E-state index contributed by atoms with van der Waals surface area (Å²) in [6.45, 7) is 0. The molecule has 0 saturated carbocycles. The third-order valence-corrected chi connectivity index (χ3v) is 3.56. The minimum absolute atomic E-state index is 0.0131. The molecule has 0 radical (unpaired) electrons. The van der Waals surface area contributed by atoms with Gasteiger partial charge in [0, 0.05) is 15.3 Å². The lowest BCUT2D eigenvalue weighted by molar-refractivity contribution is -0.115. The lowest BCUT2D eigenvalue weighted by Crippen LogP contribution is -2.03. The fourth-order valence-corrected chi connectivity index (χ4v) is 2.53. The van der Waals surface area contributed by atoms with Gasteiger partial charge in [-0.05, 0) is 52.4 Å². The van der Waals surface area contributed by atoms with Gasteiger partial charge in [-0.1, -0.05) is 6.07 Å². The summed E-state index contributed by atoms with van der Waals surface area (Å²) in [4.78, 5) is 11.3. The maximum absolute atomic E-state index is 11.3. The highest BCUT2D eigenvalue weighted by molar-refractivity contribution is 14.1. The highest BCUT2D eigenvalue weighted by Gasteiger charge is 2.20. The van der Waals surface area contributed by atoms with Gasteiger partial charge < -0.3 is 15.8 Å². The zero-order chi connectivity index (χ0) is 13.4. The van der Waals surface area contributed by atoms with E-state index in [9.17, 15) is 4.79 Å². The Hall–Kier alpha value is -1.76. The van der Waals surface area contributed by atoms with Gasteiger partial charge >= 0.3 is 0 Å². The van der Waals surface area contributed by atoms with E-state index in [0.717, 1.165) is 20.6 Å². The van der Waals surface area contributed by atoms with Gasteiger partial charge in [-0.25, -0.2) is 0 Å². The molecule has 3 N–H and O–H groups in total. The van der Waals surface area contributed by atoms with E-state index in [2.05, 4.69) is 27.9 Å². The highest BCUT2D eigenvalue weighted by atomic mass is 127. The number of carbonyl (C=O) groups is 1. The third kappa shape index (κ3) is 2.51. The molecule has 0 bridgehead atoms. The van der Waals surface area contributed by atoms with E-state index >= 15 is 0 Å². The van der Waals surface area contributed by atoms with Crippen molar-refractivity contribution in [1.29, 1.82) is 0 Å². The number of nitrogens with one attached hydrogen (secondary N) is 1. The first-order valence-electron chi connectivity index (χ1n) is 5.77. The van der Waals surface area contributed by atoms with Crippen LogP contribution >= 0.6 is 22.6 Å². The number of hydrogen-bond acceptors (Lipinski definition) is 3. The number of hydrogen-bond donors (Lipinski definition) is 2. The van der Waals surface area contributed by atoms with Crippen LogP contribution < -0.4 is 15.8 Å². The zero-order valence-corrected chi connectivity index (χ0v) is 12.1. The molecule has 4 nitrogen and oxygen atoms in total. The van der Waals surface area contributed by atoms with E-state index in [-0.39, 0.29) is 5.91 Å². The summed E-state index contributed by atoms with van der Waals surface area (Å²) < 4.78 is 6.86. The second-order valence-electron chi connectivity index (χ2n) is 4.33. The van der Waals surface area contributed by atoms with Crippen molar-refractivity contribution in [2.24, 2.45) is 0 Å². The van der Waals surface area contributed by atoms with Crippen molar-refractivity contribution in [3.05, 3.63) is 45.5 Å². The quantitative estimate of drug-likeness (QED) is 0.634. The zero-order valence-electron chi connectivity index (χ0n) is 9.94. The van der Waals surface area contributed by atoms with Crippen LogP contribution in [0.2, 0.25) is 0 Å². The van der Waals surface area contributed by atoms with Crippen molar-refractivity contribution >= 4 is 39.9 Å². The molecule has 1 heterocycles. The summed E-state index contributed by atoms with van der Waals surface area (Å²) in [6.07, 6.45) is 0.378. The Bertz CT molecular complexity index is 670. The molecule has 0 fully saturated rings. The van der Waals surface area contributed by atoms with Crippen LogP contribution in [0, 0.1) is 3.57 Å². The normalized spacial score (nSPS) is 13.0. The van der Waals surface area contributed by atoms with Gasteiger partial charge in [0.1, 0.15) is 5.75 Å². The summed E-state index contributed by atoms with van der Waals surface area (Å²) >= 11 is 2.22. The van der Waals surface area contributed by atoms with E-state index in [1.807, 2.05) is 24.3 Å². The first kappa shape index (κ1) is 12.3. The van der Waals surface area contributed by atoms with Crippen LogP contribution in [0.15, 0.2) is 36.4 Å². The molecule has 0 aliphatic carbocycles. The van der Waals surface area contributed by atoms with Gasteiger partial charge in [0.05, 0.1) is 12.1 Å². The molecule has 2 aromatic carbocycles. The maximum Gasteiger partial charge on any atom is 0.228 e. The molecular formula is C14H11IN2O2. The highest BCUT2D eigenvalue weighted by Crippen LogP contribution is 2.35. The van der Waals surface area contributed by atoms with Crippen LogP contribution in [0.25, 0.3) is 0 Å². The van der Waals surface area contributed by atoms with Crippen LogP contribution in [-0.2, 0) is 11.2 Å². The number of amides is 1. The predicted molar refractivity (Wildman–Crippen MR) is 82.4 cm³/mol. The standard InChI is InChI=1S/C14H11IN2O2/c15-9-2-1-3-10(6-9)19-13-7-12-8(4-11(13)16)5-14(18)17-12/h1-4,6-7H,5,16H2,(H,17,18). The molecule has 96 valence electrons. The van der Waals surface area contributed by atoms with Gasteiger partial charge in [0.15, 0.2) is 5.75 Å². The molecule has 2 aromatic rings. The van der Waals surface area contributed by atoms with Crippen molar-refractivity contribution in [3.63, 3.8) is 0 Å². The fourth-order valence-electron chi connectivity index (χ4n) is 2.02. The Morgan fingerprint density at radius 2 is 2.11 bits per heavy atom. The Morgan fingerprint density at radius 3 is 2.89 bits per heavy atom. The van der Waals surface area contributed by atoms with Crippen molar-refractivity contribution in [2.75, 3.05) is 11.1 Å². The molecule has 5 heteroatoms. The number of rotatable bonds is 2. The number of fused-ring (bicyclic) bond motifs is 1. The fraction of sp³-hybridized carbons (Fsp3) is 0.0714. The minimum Gasteiger partial charge on any atom is -0.455 e. The van der Waals surface area contributed by atoms with Crippen LogP contribution in [0.4, 0.5) is 11.4 Å². The van der Waals surface area contributed by atoms with Gasteiger partial charge in [0.2, 0.25) is 5.91 Å². The Labute approximate surface area is 124 Å². The van der Waals surface area contributed by atoms with Gasteiger partial charge in [-0.3, -0.25) is 4.79 Å². The lowest BCUT2D eigenvalue weighted by Gasteiger charge is -2.10. The van der Waals surface area contributed by atoms with Gasteiger partial charge in [0.25, 0.3) is 0 Å². The molecule has 0 aromatic heterocycles. The van der Waals surface area contributed by atoms with Gasteiger partial charge in [-0.15, -0.1) is 0 Å². The Morgan fingerprint density at radius 1 is 1.26 bits per heavy atom. The number of nitrogen functional groups attached to an aromatic ring is 1. The summed E-state index contributed by atoms with van der Waals surface area (Å²) in [5.74, 6) is 1.27. The van der Waals surface area contributed by atoms with E-state index in [0.29, 0.717) is 17.9 Å². The smallest absolute Gasteiger partial charge is 0.228 e. The van der Waals surface area contributed by atoms with Crippen LogP contribution in [0.1, 0.15) is 5.56 Å². The lowest BCUT2D eigenvalue weighted by atomic mass is 10.1. The summed E-state index contributed by atoms with van der Waals surface area (Å²) in [7, 11) is 0. The maximum atomic E-state index is 11.3. The number of ether oxygens (including phenoxy) is 1. The van der Waals surface area contributed by atoms with Crippen molar-refractivity contribution < 1.29 is 9.53 Å². The Kier molecular flexibility index (Phi) is 3.06. The minimum atomic E-state index is -0.0131. The summed E-state index contributed by atoms with van der Waals surface area (Å²) in [5.41, 5.74) is 8.19. The monoisotopic (exact) mass is 366 g/mol. The van der Waals surface area contributed by atoms with Crippen molar-refractivity contribution in [2.45, 2.75) is 6.42 Å². The number of anilines is 2. The topological polar surface area (TPSA) is 64.3 Å². The summed E-state index contributed by atoms with van der Waals surface area (Å²) in [5, 5.41) is 2.79. The first-order valence-corrected chi connectivity index (χ1v) is 6.85. The molecule has 19 heavy (non-hydrogen) atoms. The third-order valence-electron chi connectivity index (χ3n) is 2.88. The number of halogens is 1. The average molecular weight is 366 g/mol. The first-order chi connectivity index (χ1) is 9.11. The molecule has 3 rings (SSSR count). The molecule has 1 aliphatic heterocycles. The summed E-state index contributed by atoms with van der Waals surface area (Å²) in [6, 6.07) is 11.3. The number of nitrogens with two attached hydrogens (primary N) is 1. The van der Waals surface area contributed by atoms with Gasteiger partial charge in [-0.2, -0.15) is 0 Å². The second kappa shape index (κ2) is 4.73. The second-order valence-corrected chi connectivity index (χ2v) is 5.58. The molecule has 0 atom stereocenters. The SMILES string of the molecule is Nc1cc2c(cc1Oc1cccc(I)c1)NC(=O)C2.